The van der Waals surface area contributed by atoms with Crippen LogP contribution in [0.1, 0.15) is 200 Å². The summed E-state index contributed by atoms with van der Waals surface area (Å²) in [5.41, 5.74) is 0. The van der Waals surface area contributed by atoms with Crippen LogP contribution in [0.15, 0.2) is 134 Å². The molecule has 0 amide bonds. The first-order valence-corrected chi connectivity index (χ1v) is 29.9. The minimum absolute atomic E-state index is 0.0179. The number of esters is 2. The second-order valence-corrected chi connectivity index (χ2v) is 21.0. The molecule has 2 unspecified atom stereocenters. The number of hydrogen-bond acceptors (Lipinski definition) is 7. The molecule has 0 aliphatic rings. The Morgan fingerprint density at radius 2 is 0.781 bits per heavy atom. The number of unbranched alkanes of at least 4 members (excludes halogenated alkanes) is 14. The topological polar surface area (TPSA) is 108 Å². The fraction of sp³-hybridized carbons (Fsp3) is 0.619. The van der Waals surface area contributed by atoms with Gasteiger partial charge in [0.1, 0.15) is 19.8 Å². The smallest absolute Gasteiger partial charge is 0.462 e. The van der Waals surface area contributed by atoms with Gasteiger partial charge in [-0.25, -0.2) is 4.57 Å². The number of likely N-dealkylation sites (N-methyl/N-ethyl adjacent to an activating group) is 1. The molecule has 0 spiro atoms. The highest BCUT2D eigenvalue weighted by Crippen LogP contribution is 2.43. The van der Waals surface area contributed by atoms with E-state index in [0.29, 0.717) is 17.4 Å². The Morgan fingerprint density at radius 3 is 1.18 bits per heavy atom. The lowest BCUT2D eigenvalue weighted by molar-refractivity contribution is -0.870. The van der Waals surface area contributed by atoms with Gasteiger partial charge in [-0.2, -0.15) is 0 Å². The Morgan fingerprint density at radius 1 is 0.438 bits per heavy atom. The number of ether oxygens (including phenoxy) is 2. The monoisotopic (exact) mass is 1030 g/mol. The molecule has 0 aromatic rings. The summed E-state index contributed by atoms with van der Waals surface area (Å²) in [4.78, 5) is 35.6. The van der Waals surface area contributed by atoms with E-state index in [4.69, 9.17) is 18.5 Å². The molecule has 0 radical (unpaired) electrons. The van der Waals surface area contributed by atoms with Crippen molar-refractivity contribution in [3.8, 4) is 0 Å². The lowest BCUT2D eigenvalue weighted by Gasteiger charge is -2.24. The van der Waals surface area contributed by atoms with Gasteiger partial charge >= 0.3 is 19.8 Å². The van der Waals surface area contributed by atoms with E-state index >= 15 is 0 Å². The fourth-order valence-electron chi connectivity index (χ4n) is 7.04. The van der Waals surface area contributed by atoms with Gasteiger partial charge in [-0.1, -0.05) is 205 Å². The zero-order valence-corrected chi connectivity index (χ0v) is 47.7. The maximum absolute atomic E-state index is 12.8. The van der Waals surface area contributed by atoms with Gasteiger partial charge in [0.15, 0.2) is 6.10 Å². The van der Waals surface area contributed by atoms with E-state index < -0.39 is 26.5 Å². The molecule has 10 heteroatoms. The fourth-order valence-corrected chi connectivity index (χ4v) is 7.78. The second-order valence-electron chi connectivity index (χ2n) is 19.6. The molecule has 0 fully saturated rings. The molecule has 0 aromatic carbocycles. The zero-order chi connectivity index (χ0) is 53.5. The minimum Gasteiger partial charge on any atom is -0.462 e. The predicted molar refractivity (Wildman–Crippen MR) is 311 cm³/mol. The highest BCUT2D eigenvalue weighted by Gasteiger charge is 2.27. The molecule has 0 saturated heterocycles. The summed E-state index contributed by atoms with van der Waals surface area (Å²) in [5, 5.41) is 0. The van der Waals surface area contributed by atoms with Crippen molar-refractivity contribution in [1.82, 2.24) is 0 Å². The van der Waals surface area contributed by atoms with Crippen molar-refractivity contribution in [2.45, 2.75) is 206 Å². The van der Waals surface area contributed by atoms with Crippen LogP contribution in [-0.4, -0.2) is 74.9 Å². The van der Waals surface area contributed by atoms with Gasteiger partial charge in [-0.15, -0.1) is 0 Å². The van der Waals surface area contributed by atoms with Crippen LogP contribution in [0, 0.1) is 0 Å². The summed E-state index contributed by atoms with van der Waals surface area (Å²) >= 11 is 0. The average molecular weight is 1040 g/mol. The zero-order valence-electron chi connectivity index (χ0n) is 46.8. The largest absolute Gasteiger partial charge is 0.472 e. The van der Waals surface area contributed by atoms with Crippen molar-refractivity contribution in [3.63, 3.8) is 0 Å². The highest BCUT2D eigenvalue weighted by atomic mass is 31.2. The van der Waals surface area contributed by atoms with Crippen LogP contribution in [-0.2, 0) is 32.7 Å². The van der Waals surface area contributed by atoms with E-state index in [9.17, 15) is 19.0 Å². The van der Waals surface area contributed by atoms with Crippen LogP contribution in [0.25, 0.3) is 0 Å². The van der Waals surface area contributed by atoms with E-state index in [2.05, 4.69) is 148 Å². The van der Waals surface area contributed by atoms with Crippen LogP contribution in [0.4, 0.5) is 0 Å². The highest BCUT2D eigenvalue weighted by molar-refractivity contribution is 7.47. The summed E-state index contributed by atoms with van der Waals surface area (Å²) in [6.45, 7) is 4.24. The van der Waals surface area contributed by atoms with Gasteiger partial charge in [-0.3, -0.25) is 18.6 Å². The molecule has 0 aromatic heterocycles. The van der Waals surface area contributed by atoms with Crippen LogP contribution in [0.2, 0.25) is 0 Å². The van der Waals surface area contributed by atoms with Crippen LogP contribution in [0.3, 0.4) is 0 Å². The molecule has 414 valence electrons. The van der Waals surface area contributed by atoms with E-state index in [0.717, 1.165) is 128 Å². The molecule has 0 heterocycles. The van der Waals surface area contributed by atoms with Crippen LogP contribution < -0.4 is 0 Å². The molecule has 0 bridgehead atoms. The molecule has 73 heavy (non-hydrogen) atoms. The average Bonchev–Trinajstić information content (AvgIpc) is 3.35. The number of quaternary nitrogens is 1. The Balaban J connectivity index is 4.25. The van der Waals surface area contributed by atoms with Crippen LogP contribution in [0.5, 0.6) is 0 Å². The molecular formula is C63H105NO8P+. The van der Waals surface area contributed by atoms with E-state index in [1.54, 1.807) is 0 Å². The van der Waals surface area contributed by atoms with Gasteiger partial charge in [0.05, 0.1) is 27.7 Å². The minimum atomic E-state index is -4.40. The normalized spacial score (nSPS) is 14.3. The lowest BCUT2D eigenvalue weighted by Crippen LogP contribution is -2.37. The van der Waals surface area contributed by atoms with E-state index in [1.807, 2.05) is 21.1 Å². The van der Waals surface area contributed by atoms with Gasteiger partial charge < -0.3 is 18.9 Å². The third-order valence-electron chi connectivity index (χ3n) is 11.4. The number of nitrogens with zero attached hydrogens (tertiary/aromatic N) is 1. The third-order valence-corrected chi connectivity index (χ3v) is 12.4. The number of phosphoric acid groups is 1. The van der Waals surface area contributed by atoms with Crippen molar-refractivity contribution < 1.29 is 42.1 Å². The molecule has 2 atom stereocenters. The van der Waals surface area contributed by atoms with Crippen molar-refractivity contribution in [2.24, 2.45) is 0 Å². The summed E-state index contributed by atoms with van der Waals surface area (Å²) in [6.07, 6.45) is 76.6. The Kier molecular flexibility index (Phi) is 50.2. The lowest BCUT2D eigenvalue weighted by atomic mass is 10.1. The molecular weight excluding hydrogens is 930 g/mol. The first kappa shape index (κ1) is 69.2. The summed E-state index contributed by atoms with van der Waals surface area (Å²) < 4.78 is 34.4. The van der Waals surface area contributed by atoms with E-state index in [1.165, 1.54) is 38.5 Å². The van der Waals surface area contributed by atoms with Crippen LogP contribution >= 0.6 is 7.82 Å². The van der Waals surface area contributed by atoms with Gasteiger partial charge in [0, 0.05) is 12.8 Å². The number of phosphoric ester groups is 1. The van der Waals surface area contributed by atoms with Gasteiger partial charge in [0.2, 0.25) is 0 Å². The maximum Gasteiger partial charge on any atom is 0.472 e. The van der Waals surface area contributed by atoms with Crippen molar-refractivity contribution in [2.75, 3.05) is 47.5 Å². The molecule has 9 nitrogen and oxygen atoms in total. The van der Waals surface area contributed by atoms with E-state index in [-0.39, 0.29) is 32.0 Å². The molecule has 0 rings (SSSR count). The second kappa shape index (κ2) is 53.0. The number of carbonyl (C=O) groups is 2. The number of hydrogen-bond donors (Lipinski definition) is 1. The summed E-state index contributed by atoms with van der Waals surface area (Å²) in [6, 6.07) is 0. The predicted octanol–water partition coefficient (Wildman–Crippen LogP) is 17.8. The SMILES string of the molecule is CC/C=C\C/C=C\C/C=C\C/C=C\C/C=C\C/C=C\C/C=C\C/C=C\C/C=C\C/C=C\CCCCCCC(=O)OC(COC(=O)CCCCCCC/C=C\CCCCCCC)COP(=O)(O)OCC[N+](C)(C)C. The standard InChI is InChI=1S/C63H104NO8P/c1-6-8-10-12-14-16-18-20-22-23-24-25-26-27-28-29-30-31-32-33-34-35-36-37-38-39-40-41-42-44-46-48-50-52-54-56-63(66)72-61(60-71-73(67,68)70-58-57-64(3,4)5)59-69-62(65)55-53-51-49-47-45-43-21-19-17-15-13-11-9-7-2/h8,10,14,16,19-22,24-25,27-28,30-31,33-34,36-37,39-40,42,44,61H,6-7,9,11-13,15,17-18,23,26,29,32,35,38,41,43,45-60H2,1-5H3/p+1/b10-8-,16-14-,21-19-,22-20-,25-24-,28-27-,31-30-,34-33-,37-36-,40-39-,44-42-. The summed E-state index contributed by atoms with van der Waals surface area (Å²) in [7, 11) is 1.43. The molecule has 0 aliphatic heterocycles. The number of carbonyl (C=O) groups excluding carboxylic acids is 2. The molecule has 1 N–H and O–H groups in total. The Labute approximate surface area is 447 Å². The van der Waals surface area contributed by atoms with Crippen molar-refractivity contribution >= 4 is 19.8 Å². The first-order chi connectivity index (χ1) is 35.5. The first-order valence-electron chi connectivity index (χ1n) is 28.4. The quantitative estimate of drug-likeness (QED) is 0.0211. The van der Waals surface area contributed by atoms with Gasteiger partial charge in [0.25, 0.3) is 0 Å². The Bertz CT molecular complexity index is 1690. The maximum atomic E-state index is 12.8. The molecule has 0 aliphatic carbocycles. The molecule has 0 saturated carbocycles. The Hall–Kier alpha value is -3.85. The number of allylic oxidation sites excluding steroid dienone is 22. The van der Waals surface area contributed by atoms with Crippen molar-refractivity contribution in [3.05, 3.63) is 134 Å². The number of rotatable bonds is 50. The van der Waals surface area contributed by atoms with Gasteiger partial charge in [-0.05, 0) is 116 Å². The third kappa shape index (κ3) is 57.3. The summed E-state index contributed by atoms with van der Waals surface area (Å²) in [5.74, 6) is -0.848. The van der Waals surface area contributed by atoms with Crippen molar-refractivity contribution in [1.29, 1.82) is 0 Å².